The van der Waals surface area contributed by atoms with Gasteiger partial charge in [0.25, 0.3) is 0 Å². The SMILES string of the molecule is C=CCC/C([CH2-])=N\N(C)C.[Cl][Pd+].c1ccc(P(c2ccccc2)c2ccccc2)cc1. The van der Waals surface area contributed by atoms with Crippen LogP contribution in [0.25, 0.3) is 0 Å². The second kappa shape index (κ2) is 16.8. The standard InChI is InChI=1S/C18H15P.C8H15N2.ClH.Pd/c1-4-10-16(11-5-1)19(17-12-6-2-7-13-17)18-14-8-3-9-15-18;1-5-6-7-8(2)9-10(3)4;;/h1-15H;5H,1-2,6-7H2,3-4H3;1H;/q;-1;;+2/p-1/b;9-8-;;. The Labute approximate surface area is 204 Å². The molecule has 0 aliphatic rings. The van der Waals surface area contributed by atoms with E-state index >= 15 is 0 Å². The van der Waals surface area contributed by atoms with Gasteiger partial charge in [0.05, 0.1) is 0 Å². The molecule has 0 bridgehead atoms. The Bertz CT molecular complexity index is 778. The van der Waals surface area contributed by atoms with Crippen LogP contribution in [-0.2, 0) is 18.2 Å². The molecule has 5 heteroatoms. The Balaban J connectivity index is 0.000000343. The van der Waals surface area contributed by atoms with Gasteiger partial charge in [-0.15, -0.1) is 12.3 Å². The third-order valence-electron chi connectivity index (χ3n) is 4.02. The summed E-state index contributed by atoms with van der Waals surface area (Å²) in [4.78, 5) is 0. The molecule has 0 fully saturated rings. The quantitative estimate of drug-likeness (QED) is 0.0914. The minimum atomic E-state index is -0.446. The Morgan fingerprint density at radius 1 is 0.871 bits per heavy atom. The molecule has 0 spiro atoms. The molecule has 3 aromatic carbocycles. The van der Waals surface area contributed by atoms with Crippen molar-refractivity contribution in [1.29, 1.82) is 0 Å². The number of hydrazone groups is 1. The smallest absolute Gasteiger partial charge is 0.0134 e. The molecule has 0 N–H and O–H groups in total. The third kappa shape index (κ3) is 10.8. The van der Waals surface area contributed by atoms with Gasteiger partial charge in [0.1, 0.15) is 0 Å². The van der Waals surface area contributed by atoms with Gasteiger partial charge in [-0.05, 0) is 36.7 Å². The summed E-state index contributed by atoms with van der Waals surface area (Å²) in [5.74, 6) is 0. The van der Waals surface area contributed by atoms with Crippen LogP contribution in [0.15, 0.2) is 109 Å². The van der Waals surface area contributed by atoms with Crippen LogP contribution >= 0.6 is 17.5 Å². The van der Waals surface area contributed by atoms with Crippen molar-refractivity contribution in [2.24, 2.45) is 5.10 Å². The normalized spacial score (nSPS) is 10.3. The van der Waals surface area contributed by atoms with Gasteiger partial charge in [-0.25, -0.2) is 5.10 Å². The molecule has 0 saturated heterocycles. The van der Waals surface area contributed by atoms with Crippen molar-refractivity contribution in [3.63, 3.8) is 0 Å². The summed E-state index contributed by atoms with van der Waals surface area (Å²) >= 11 is 2.22. The second-order valence-corrected chi connectivity index (χ2v) is 8.90. The number of halogens is 1. The van der Waals surface area contributed by atoms with Gasteiger partial charge in [0.15, 0.2) is 0 Å². The minimum Gasteiger partial charge on any atom is -0.0622 e. The monoisotopic (exact) mass is 542 g/mol. The van der Waals surface area contributed by atoms with E-state index in [9.17, 15) is 0 Å². The molecule has 0 aromatic heterocycles. The third-order valence-corrected chi connectivity index (χ3v) is 6.47. The molecule has 0 aliphatic carbocycles. The van der Waals surface area contributed by atoms with Crippen molar-refractivity contribution >= 4 is 39.1 Å². The van der Waals surface area contributed by atoms with Gasteiger partial charge in [-0.1, -0.05) is 97.1 Å². The number of benzene rings is 3. The maximum absolute atomic E-state index is 4.49. The summed E-state index contributed by atoms with van der Waals surface area (Å²) in [7, 11) is 7.82. The Morgan fingerprint density at radius 2 is 1.23 bits per heavy atom. The molecule has 0 radical (unpaired) electrons. The van der Waals surface area contributed by atoms with E-state index in [1.807, 2.05) is 20.2 Å². The predicted octanol–water partition coefficient (Wildman–Crippen LogP) is 5.84. The number of hydrogen-bond acceptors (Lipinski definition) is 2. The molecule has 166 valence electrons. The summed E-state index contributed by atoms with van der Waals surface area (Å²) in [5.41, 5.74) is 0.907. The molecule has 0 amide bonds. The van der Waals surface area contributed by atoms with E-state index in [0.717, 1.165) is 18.6 Å². The number of rotatable bonds is 7. The maximum Gasteiger partial charge on any atom is -0.0134 e. The fraction of sp³-hybridized carbons (Fsp3) is 0.154. The molecular weight excluding hydrogens is 513 g/mol. The van der Waals surface area contributed by atoms with Crippen LogP contribution in [0.3, 0.4) is 0 Å². The van der Waals surface area contributed by atoms with Crippen LogP contribution in [0.4, 0.5) is 0 Å². The molecule has 0 unspecified atom stereocenters. The van der Waals surface area contributed by atoms with E-state index in [-0.39, 0.29) is 0 Å². The first kappa shape index (κ1) is 27.2. The summed E-state index contributed by atoms with van der Waals surface area (Å²) < 4.78 is 0. The van der Waals surface area contributed by atoms with Crippen LogP contribution in [0.2, 0.25) is 0 Å². The molecule has 31 heavy (non-hydrogen) atoms. The van der Waals surface area contributed by atoms with Gasteiger partial charge in [0, 0.05) is 14.1 Å². The van der Waals surface area contributed by atoms with E-state index in [1.165, 1.54) is 15.9 Å². The van der Waals surface area contributed by atoms with Crippen molar-refractivity contribution in [1.82, 2.24) is 5.01 Å². The minimum absolute atomic E-state index is 0.446. The van der Waals surface area contributed by atoms with Gasteiger partial charge < -0.3 is 11.9 Å². The van der Waals surface area contributed by atoms with Crippen LogP contribution in [0, 0.1) is 6.92 Å². The average Bonchev–Trinajstić information content (AvgIpc) is 2.81. The topological polar surface area (TPSA) is 15.6 Å². The van der Waals surface area contributed by atoms with Gasteiger partial charge in [0.2, 0.25) is 0 Å². The molecule has 2 nitrogen and oxygen atoms in total. The largest absolute Gasteiger partial charge is 0.0622 e. The van der Waals surface area contributed by atoms with Crippen molar-refractivity contribution in [2.75, 3.05) is 14.1 Å². The summed E-state index contributed by atoms with van der Waals surface area (Å²) in [6.45, 7) is 7.39. The van der Waals surface area contributed by atoms with Crippen molar-refractivity contribution in [3.8, 4) is 0 Å². The van der Waals surface area contributed by atoms with Gasteiger partial charge >= 0.3 is 27.7 Å². The predicted molar refractivity (Wildman–Crippen MR) is 137 cm³/mol. The first-order valence-corrected chi connectivity index (χ1v) is 13.2. The summed E-state index contributed by atoms with van der Waals surface area (Å²) in [5, 5.41) is 10.1. The molecule has 0 atom stereocenters. The fourth-order valence-corrected chi connectivity index (χ4v) is 5.09. The first-order valence-electron chi connectivity index (χ1n) is 9.86. The summed E-state index contributed by atoms with van der Waals surface area (Å²) in [6.07, 6.45) is 3.73. The molecule has 0 heterocycles. The van der Waals surface area contributed by atoms with E-state index in [4.69, 9.17) is 0 Å². The van der Waals surface area contributed by atoms with Crippen LogP contribution in [-0.4, -0.2) is 24.8 Å². The van der Waals surface area contributed by atoms with Crippen molar-refractivity contribution in [3.05, 3.63) is 111 Å². The zero-order valence-electron chi connectivity index (χ0n) is 18.1. The fourth-order valence-electron chi connectivity index (χ4n) is 2.78. The zero-order valence-corrected chi connectivity index (χ0v) is 21.3. The zero-order chi connectivity index (χ0) is 22.9. The molecule has 3 rings (SSSR count). The van der Waals surface area contributed by atoms with Crippen LogP contribution < -0.4 is 15.9 Å². The first-order chi connectivity index (χ1) is 15.1. The van der Waals surface area contributed by atoms with Crippen molar-refractivity contribution in [2.45, 2.75) is 12.8 Å². The maximum atomic E-state index is 4.49. The van der Waals surface area contributed by atoms with E-state index in [2.05, 4.69) is 137 Å². The van der Waals surface area contributed by atoms with Crippen LogP contribution in [0.1, 0.15) is 12.8 Å². The number of hydrogen-bond donors (Lipinski definition) is 0. The number of nitrogens with zero attached hydrogens (tertiary/aromatic N) is 2. The van der Waals surface area contributed by atoms with E-state index in [1.54, 1.807) is 5.01 Å². The molecule has 3 aromatic rings. The number of allylic oxidation sites excluding steroid dienone is 1. The van der Waals surface area contributed by atoms with Crippen LogP contribution in [0.5, 0.6) is 0 Å². The second-order valence-electron chi connectivity index (χ2n) is 6.68. The van der Waals surface area contributed by atoms with E-state index < -0.39 is 7.92 Å². The summed E-state index contributed by atoms with van der Waals surface area (Å²) in [6, 6.07) is 32.3. The van der Waals surface area contributed by atoms with Gasteiger partial charge in [-0.3, -0.25) is 0 Å². The van der Waals surface area contributed by atoms with Gasteiger partial charge in [-0.2, -0.15) is 0 Å². The molecule has 0 saturated carbocycles. The Hall–Kier alpha value is -1.88. The Morgan fingerprint density at radius 3 is 1.52 bits per heavy atom. The van der Waals surface area contributed by atoms with Crippen molar-refractivity contribution < 1.29 is 18.2 Å². The van der Waals surface area contributed by atoms with E-state index in [0.29, 0.717) is 0 Å². The molecule has 0 aliphatic heterocycles. The Kier molecular flexibility index (Phi) is 14.7. The molecular formula is C26H30ClN2PPd. The average molecular weight is 543 g/mol.